The summed E-state index contributed by atoms with van der Waals surface area (Å²) >= 11 is 6.02. The number of aromatic nitrogens is 1. The summed E-state index contributed by atoms with van der Waals surface area (Å²) in [5, 5.41) is 4.10. The van der Waals surface area contributed by atoms with Crippen LogP contribution in [0.1, 0.15) is 11.1 Å². The Morgan fingerprint density at radius 3 is 2.71 bits per heavy atom. The molecule has 0 saturated heterocycles. The summed E-state index contributed by atoms with van der Waals surface area (Å²) in [6.07, 6.45) is 4.47. The minimum atomic E-state index is 0.722. The van der Waals surface area contributed by atoms with Gasteiger partial charge in [0.2, 0.25) is 0 Å². The standard InChI is InChI=1S/C14H15ClN2/c15-14-11-17-9-7-13(14)10-16-8-6-12-4-2-1-3-5-12/h1-5,7,9,11,16H,6,8,10H2. The van der Waals surface area contributed by atoms with Crippen molar-refractivity contribution in [3.8, 4) is 0 Å². The lowest BCUT2D eigenvalue weighted by molar-refractivity contribution is 0.686. The van der Waals surface area contributed by atoms with Gasteiger partial charge in [0.05, 0.1) is 5.02 Å². The average Bonchev–Trinajstić information content (AvgIpc) is 2.38. The summed E-state index contributed by atoms with van der Waals surface area (Å²) in [4.78, 5) is 3.96. The average molecular weight is 247 g/mol. The highest BCUT2D eigenvalue weighted by atomic mass is 35.5. The van der Waals surface area contributed by atoms with Crippen LogP contribution in [0.15, 0.2) is 48.8 Å². The summed E-state index contributed by atoms with van der Waals surface area (Å²) in [6, 6.07) is 12.4. The van der Waals surface area contributed by atoms with E-state index in [1.54, 1.807) is 12.4 Å². The van der Waals surface area contributed by atoms with Crippen molar-refractivity contribution >= 4 is 11.6 Å². The number of hydrogen-bond acceptors (Lipinski definition) is 2. The third-order valence-corrected chi connectivity index (χ3v) is 2.95. The molecule has 2 nitrogen and oxygen atoms in total. The Kier molecular flexibility index (Phi) is 4.54. The maximum Gasteiger partial charge on any atom is 0.0634 e. The maximum atomic E-state index is 6.02. The first-order valence-corrected chi connectivity index (χ1v) is 6.07. The Hall–Kier alpha value is -1.38. The van der Waals surface area contributed by atoms with Crippen LogP contribution in [-0.2, 0) is 13.0 Å². The van der Waals surface area contributed by atoms with Gasteiger partial charge in [-0.3, -0.25) is 4.98 Å². The Labute approximate surface area is 107 Å². The van der Waals surface area contributed by atoms with E-state index in [0.717, 1.165) is 30.1 Å². The minimum absolute atomic E-state index is 0.722. The second-order valence-corrected chi connectivity index (χ2v) is 4.29. The lowest BCUT2D eigenvalue weighted by atomic mass is 10.1. The van der Waals surface area contributed by atoms with Crippen LogP contribution in [0.3, 0.4) is 0 Å². The van der Waals surface area contributed by atoms with Crippen LogP contribution >= 0.6 is 11.6 Å². The fourth-order valence-electron chi connectivity index (χ4n) is 1.65. The van der Waals surface area contributed by atoms with Gasteiger partial charge in [0.15, 0.2) is 0 Å². The first-order valence-electron chi connectivity index (χ1n) is 5.69. The van der Waals surface area contributed by atoms with Crippen LogP contribution < -0.4 is 5.32 Å². The minimum Gasteiger partial charge on any atom is -0.312 e. The molecule has 0 amide bonds. The van der Waals surface area contributed by atoms with Gasteiger partial charge in [0, 0.05) is 18.9 Å². The molecule has 1 N–H and O–H groups in total. The molecule has 0 atom stereocenters. The fourth-order valence-corrected chi connectivity index (χ4v) is 1.83. The summed E-state index contributed by atoms with van der Waals surface area (Å²) in [6.45, 7) is 1.73. The Morgan fingerprint density at radius 1 is 1.12 bits per heavy atom. The second kappa shape index (κ2) is 6.38. The lowest BCUT2D eigenvalue weighted by Crippen LogP contribution is -2.16. The van der Waals surface area contributed by atoms with Gasteiger partial charge in [0.1, 0.15) is 0 Å². The van der Waals surface area contributed by atoms with E-state index in [1.807, 2.05) is 12.1 Å². The third kappa shape index (κ3) is 3.84. The third-order valence-electron chi connectivity index (χ3n) is 2.61. The first kappa shape index (κ1) is 12.1. The van der Waals surface area contributed by atoms with E-state index in [1.165, 1.54) is 5.56 Å². The van der Waals surface area contributed by atoms with Gasteiger partial charge >= 0.3 is 0 Å². The molecule has 17 heavy (non-hydrogen) atoms. The van der Waals surface area contributed by atoms with E-state index in [0.29, 0.717) is 0 Å². The molecule has 1 heterocycles. The molecule has 0 radical (unpaired) electrons. The number of hydrogen-bond donors (Lipinski definition) is 1. The predicted molar refractivity (Wildman–Crippen MR) is 71.1 cm³/mol. The zero-order chi connectivity index (χ0) is 11.9. The highest BCUT2D eigenvalue weighted by Crippen LogP contribution is 2.12. The highest BCUT2D eigenvalue weighted by molar-refractivity contribution is 6.31. The van der Waals surface area contributed by atoms with E-state index in [9.17, 15) is 0 Å². The summed E-state index contributed by atoms with van der Waals surface area (Å²) in [5.74, 6) is 0. The molecule has 0 spiro atoms. The number of nitrogens with one attached hydrogen (secondary N) is 1. The predicted octanol–water partition coefficient (Wildman–Crippen LogP) is 3.07. The van der Waals surface area contributed by atoms with Crippen molar-refractivity contribution in [1.82, 2.24) is 10.3 Å². The van der Waals surface area contributed by atoms with Crippen molar-refractivity contribution in [3.05, 3.63) is 64.9 Å². The van der Waals surface area contributed by atoms with Crippen LogP contribution in [0.25, 0.3) is 0 Å². The normalized spacial score (nSPS) is 10.4. The topological polar surface area (TPSA) is 24.9 Å². The van der Waals surface area contributed by atoms with Crippen molar-refractivity contribution < 1.29 is 0 Å². The molecule has 3 heteroatoms. The molecular weight excluding hydrogens is 232 g/mol. The summed E-state index contributed by atoms with van der Waals surface area (Å²) in [5.41, 5.74) is 2.44. The van der Waals surface area contributed by atoms with Crippen molar-refractivity contribution in [3.63, 3.8) is 0 Å². The Bertz CT molecular complexity index is 457. The van der Waals surface area contributed by atoms with Gasteiger partial charge in [-0.2, -0.15) is 0 Å². The summed E-state index contributed by atoms with van der Waals surface area (Å²) < 4.78 is 0. The van der Waals surface area contributed by atoms with Gasteiger partial charge in [-0.1, -0.05) is 41.9 Å². The zero-order valence-corrected chi connectivity index (χ0v) is 10.3. The molecule has 0 aliphatic carbocycles. The Balaban J connectivity index is 1.76. The van der Waals surface area contributed by atoms with Crippen molar-refractivity contribution in [2.45, 2.75) is 13.0 Å². The van der Waals surface area contributed by atoms with E-state index in [4.69, 9.17) is 11.6 Å². The van der Waals surface area contributed by atoms with E-state index in [-0.39, 0.29) is 0 Å². The SMILES string of the molecule is Clc1cnccc1CNCCc1ccccc1. The molecule has 0 bridgehead atoms. The van der Waals surface area contributed by atoms with Crippen LogP contribution in [0.2, 0.25) is 5.02 Å². The summed E-state index contributed by atoms with van der Waals surface area (Å²) in [7, 11) is 0. The van der Waals surface area contributed by atoms with Gasteiger partial charge in [0.25, 0.3) is 0 Å². The molecule has 1 aromatic heterocycles. The number of halogens is 1. The van der Waals surface area contributed by atoms with Crippen LogP contribution in [0.5, 0.6) is 0 Å². The van der Waals surface area contributed by atoms with E-state index >= 15 is 0 Å². The quantitative estimate of drug-likeness (QED) is 0.821. The van der Waals surface area contributed by atoms with Crippen molar-refractivity contribution in [2.24, 2.45) is 0 Å². The molecule has 0 aliphatic heterocycles. The van der Waals surface area contributed by atoms with E-state index in [2.05, 4.69) is 34.6 Å². The molecule has 2 aromatic rings. The van der Waals surface area contributed by atoms with Gasteiger partial charge in [-0.25, -0.2) is 0 Å². The molecule has 1 aromatic carbocycles. The maximum absolute atomic E-state index is 6.02. The lowest BCUT2D eigenvalue weighted by Gasteiger charge is -2.06. The van der Waals surface area contributed by atoms with E-state index < -0.39 is 0 Å². The number of rotatable bonds is 5. The molecule has 0 fully saturated rings. The van der Waals surface area contributed by atoms with Crippen molar-refractivity contribution in [2.75, 3.05) is 6.54 Å². The number of benzene rings is 1. The van der Waals surface area contributed by atoms with Gasteiger partial charge < -0.3 is 5.32 Å². The largest absolute Gasteiger partial charge is 0.312 e. The van der Waals surface area contributed by atoms with Gasteiger partial charge in [-0.15, -0.1) is 0 Å². The molecule has 2 rings (SSSR count). The molecule has 88 valence electrons. The smallest absolute Gasteiger partial charge is 0.0634 e. The fraction of sp³-hybridized carbons (Fsp3) is 0.214. The molecular formula is C14H15ClN2. The van der Waals surface area contributed by atoms with Gasteiger partial charge in [-0.05, 0) is 30.2 Å². The van der Waals surface area contributed by atoms with Crippen molar-refractivity contribution in [1.29, 1.82) is 0 Å². The Morgan fingerprint density at radius 2 is 1.94 bits per heavy atom. The second-order valence-electron chi connectivity index (χ2n) is 3.88. The molecule has 0 unspecified atom stereocenters. The molecule has 0 saturated carbocycles. The molecule has 0 aliphatic rings. The number of nitrogens with zero attached hydrogens (tertiary/aromatic N) is 1. The highest BCUT2D eigenvalue weighted by Gasteiger charge is 1.98. The van der Waals surface area contributed by atoms with Crippen LogP contribution in [0.4, 0.5) is 0 Å². The van der Waals surface area contributed by atoms with Crippen LogP contribution in [0, 0.1) is 0 Å². The monoisotopic (exact) mass is 246 g/mol. The zero-order valence-electron chi connectivity index (χ0n) is 9.57. The van der Waals surface area contributed by atoms with Crippen LogP contribution in [-0.4, -0.2) is 11.5 Å². The first-order chi connectivity index (χ1) is 8.36. The number of pyridine rings is 1.